The van der Waals surface area contributed by atoms with Crippen LogP contribution in [0.25, 0.3) is 6.08 Å². The molecule has 3 fully saturated rings. The molecule has 0 saturated carbocycles. The maximum Gasteiger partial charge on any atom is 0.182 e. The lowest BCUT2D eigenvalue weighted by Crippen LogP contribution is -2.45. The van der Waals surface area contributed by atoms with Gasteiger partial charge in [-0.05, 0) is 31.1 Å². The summed E-state index contributed by atoms with van der Waals surface area (Å²) in [6, 6.07) is 5.76. The molecule has 3 nitrogen and oxygen atoms in total. The molecular formula is C13H14N2O. The highest BCUT2D eigenvalue weighted by Crippen LogP contribution is 2.32. The molecule has 0 spiro atoms. The van der Waals surface area contributed by atoms with Crippen LogP contribution in [0.3, 0.4) is 0 Å². The second kappa shape index (κ2) is 3.74. The second-order valence-corrected chi connectivity index (χ2v) is 4.41. The number of allylic oxidation sites excluding steroid dienone is 1. The van der Waals surface area contributed by atoms with Crippen molar-refractivity contribution in [1.29, 1.82) is 0 Å². The molecule has 2 bridgehead atoms. The topological polar surface area (TPSA) is 33.2 Å². The summed E-state index contributed by atoms with van der Waals surface area (Å²) in [6.07, 6.45) is 5.73. The number of rotatable bonds is 1. The van der Waals surface area contributed by atoms with E-state index in [-0.39, 0.29) is 5.92 Å². The Morgan fingerprint density at radius 1 is 1.31 bits per heavy atom. The number of hydrogen-bond donors (Lipinski definition) is 0. The molecule has 0 amide bonds. The van der Waals surface area contributed by atoms with Crippen molar-refractivity contribution in [2.75, 3.05) is 13.1 Å². The van der Waals surface area contributed by atoms with Crippen molar-refractivity contribution in [3.8, 4) is 0 Å². The first-order chi connectivity index (χ1) is 7.84. The fourth-order valence-corrected chi connectivity index (χ4v) is 2.51. The molecule has 4 heterocycles. The van der Waals surface area contributed by atoms with E-state index < -0.39 is 0 Å². The summed E-state index contributed by atoms with van der Waals surface area (Å²) in [6.45, 7) is 2.05. The minimum Gasteiger partial charge on any atom is -0.369 e. The van der Waals surface area contributed by atoms with E-state index in [9.17, 15) is 4.79 Å². The van der Waals surface area contributed by atoms with Crippen molar-refractivity contribution in [3.05, 3.63) is 35.8 Å². The summed E-state index contributed by atoms with van der Waals surface area (Å²) in [5, 5.41) is 0. The Morgan fingerprint density at radius 2 is 2.12 bits per heavy atom. The van der Waals surface area contributed by atoms with Gasteiger partial charge in [-0.2, -0.15) is 0 Å². The number of aromatic nitrogens is 1. The summed E-state index contributed by atoms with van der Waals surface area (Å²) >= 11 is 0. The first-order valence-corrected chi connectivity index (χ1v) is 5.76. The molecule has 0 N–H and O–H groups in total. The zero-order chi connectivity index (χ0) is 11.0. The van der Waals surface area contributed by atoms with E-state index in [2.05, 4.69) is 9.88 Å². The number of nitrogens with zero attached hydrogens (tertiary/aromatic N) is 2. The normalized spacial score (nSPS) is 23.1. The van der Waals surface area contributed by atoms with Crippen molar-refractivity contribution < 1.29 is 4.79 Å². The van der Waals surface area contributed by atoms with Crippen LogP contribution >= 0.6 is 0 Å². The third-order valence-corrected chi connectivity index (χ3v) is 3.43. The fraction of sp³-hybridized carbons (Fsp3) is 0.385. The van der Waals surface area contributed by atoms with Crippen molar-refractivity contribution in [3.63, 3.8) is 0 Å². The van der Waals surface area contributed by atoms with Crippen LogP contribution in [0.1, 0.15) is 18.5 Å². The molecule has 0 unspecified atom stereocenters. The molecule has 1 aromatic heterocycles. The SMILES string of the molecule is O=C1C(=Cc2ccccn2)N2CCC1CC2. The van der Waals surface area contributed by atoms with Crippen molar-refractivity contribution in [2.24, 2.45) is 5.92 Å². The van der Waals surface area contributed by atoms with E-state index in [4.69, 9.17) is 0 Å². The van der Waals surface area contributed by atoms with Gasteiger partial charge in [0.15, 0.2) is 5.78 Å². The lowest BCUT2D eigenvalue weighted by molar-refractivity contribution is -0.125. The van der Waals surface area contributed by atoms with E-state index in [0.29, 0.717) is 5.78 Å². The quantitative estimate of drug-likeness (QED) is 0.667. The summed E-state index contributed by atoms with van der Waals surface area (Å²) in [7, 11) is 0. The van der Waals surface area contributed by atoms with E-state index in [1.165, 1.54) is 0 Å². The van der Waals surface area contributed by atoms with E-state index in [1.807, 2.05) is 24.3 Å². The largest absolute Gasteiger partial charge is 0.369 e. The first-order valence-electron chi connectivity index (χ1n) is 5.76. The van der Waals surface area contributed by atoms with Crippen LogP contribution in [-0.4, -0.2) is 28.8 Å². The molecule has 1 aromatic rings. The van der Waals surface area contributed by atoms with Crippen LogP contribution in [0.5, 0.6) is 0 Å². The number of piperidine rings is 3. The monoisotopic (exact) mass is 214 g/mol. The Morgan fingerprint density at radius 3 is 2.75 bits per heavy atom. The standard InChI is InChI=1S/C13H14N2O/c16-13-10-4-7-15(8-5-10)12(13)9-11-3-1-2-6-14-11/h1-3,6,9-10H,4-5,7-8H2. The van der Waals surface area contributed by atoms with Crippen LogP contribution in [0.2, 0.25) is 0 Å². The van der Waals surface area contributed by atoms with Crippen LogP contribution < -0.4 is 0 Å². The molecule has 0 atom stereocenters. The minimum absolute atomic E-state index is 0.264. The average Bonchev–Trinajstić information content (AvgIpc) is 2.36. The van der Waals surface area contributed by atoms with E-state index in [0.717, 1.165) is 37.3 Å². The van der Waals surface area contributed by atoms with Crippen molar-refractivity contribution in [1.82, 2.24) is 9.88 Å². The maximum atomic E-state index is 12.1. The molecule has 0 aromatic carbocycles. The van der Waals surface area contributed by atoms with Crippen molar-refractivity contribution in [2.45, 2.75) is 12.8 Å². The Balaban J connectivity index is 1.95. The Kier molecular flexibility index (Phi) is 2.24. The molecule has 3 aliphatic heterocycles. The number of carbonyl (C=O) groups excluding carboxylic acids is 1. The van der Waals surface area contributed by atoms with Crippen LogP contribution in [0.4, 0.5) is 0 Å². The number of hydrogen-bond acceptors (Lipinski definition) is 3. The highest BCUT2D eigenvalue weighted by Gasteiger charge is 2.36. The summed E-state index contributed by atoms with van der Waals surface area (Å²) < 4.78 is 0. The Bertz CT molecular complexity index is 431. The number of fused-ring (bicyclic) bond motifs is 3. The lowest BCUT2D eigenvalue weighted by atomic mass is 9.84. The number of carbonyl (C=O) groups is 1. The van der Waals surface area contributed by atoms with Gasteiger partial charge in [-0.3, -0.25) is 9.78 Å². The smallest absolute Gasteiger partial charge is 0.182 e. The van der Waals surface area contributed by atoms with Crippen LogP contribution in [0.15, 0.2) is 30.1 Å². The van der Waals surface area contributed by atoms with Crippen molar-refractivity contribution >= 4 is 11.9 Å². The molecule has 3 aliphatic rings. The van der Waals surface area contributed by atoms with Gasteiger partial charge in [0.05, 0.1) is 11.4 Å². The fourth-order valence-electron chi connectivity index (χ4n) is 2.51. The number of Topliss-reactive ketones (excluding diaryl/α,β-unsaturated/α-hetero) is 1. The zero-order valence-corrected chi connectivity index (χ0v) is 9.10. The van der Waals surface area contributed by atoms with Gasteiger partial charge in [-0.15, -0.1) is 0 Å². The molecule has 82 valence electrons. The number of pyridine rings is 1. The molecule has 0 radical (unpaired) electrons. The van der Waals surface area contributed by atoms with E-state index in [1.54, 1.807) is 6.20 Å². The van der Waals surface area contributed by atoms with Gasteiger partial charge in [0.25, 0.3) is 0 Å². The average molecular weight is 214 g/mol. The van der Waals surface area contributed by atoms with Crippen LogP contribution in [0, 0.1) is 5.92 Å². The molecule has 16 heavy (non-hydrogen) atoms. The summed E-state index contributed by atoms with van der Waals surface area (Å²) in [4.78, 5) is 18.5. The van der Waals surface area contributed by atoms with Gasteiger partial charge in [0, 0.05) is 25.2 Å². The van der Waals surface area contributed by atoms with Gasteiger partial charge in [0.1, 0.15) is 0 Å². The highest BCUT2D eigenvalue weighted by atomic mass is 16.1. The lowest BCUT2D eigenvalue weighted by Gasteiger charge is -2.41. The second-order valence-electron chi connectivity index (χ2n) is 4.41. The molecule has 3 heteroatoms. The van der Waals surface area contributed by atoms with Gasteiger partial charge in [-0.1, -0.05) is 6.07 Å². The molecule has 3 saturated heterocycles. The first kappa shape index (κ1) is 9.58. The van der Waals surface area contributed by atoms with Gasteiger partial charge in [0.2, 0.25) is 0 Å². The Labute approximate surface area is 94.8 Å². The van der Waals surface area contributed by atoms with Gasteiger partial charge >= 0.3 is 0 Å². The third kappa shape index (κ3) is 1.52. The van der Waals surface area contributed by atoms with Crippen LogP contribution in [-0.2, 0) is 4.79 Å². The minimum atomic E-state index is 0.264. The summed E-state index contributed by atoms with van der Waals surface area (Å²) in [5.41, 5.74) is 1.74. The van der Waals surface area contributed by atoms with Gasteiger partial charge < -0.3 is 4.90 Å². The predicted octanol–water partition coefficient (Wildman–Crippen LogP) is 1.72. The predicted molar refractivity (Wildman–Crippen MR) is 61.5 cm³/mol. The molecule has 4 rings (SSSR count). The van der Waals surface area contributed by atoms with E-state index >= 15 is 0 Å². The molecule has 0 aliphatic carbocycles. The van der Waals surface area contributed by atoms with Gasteiger partial charge in [-0.25, -0.2) is 0 Å². The summed E-state index contributed by atoms with van der Waals surface area (Å²) in [5.74, 6) is 0.572. The Hall–Kier alpha value is -1.64. The zero-order valence-electron chi connectivity index (χ0n) is 9.10. The number of ketones is 1. The third-order valence-electron chi connectivity index (χ3n) is 3.43. The maximum absolute atomic E-state index is 12.1. The molecular weight excluding hydrogens is 200 g/mol. The highest BCUT2D eigenvalue weighted by molar-refractivity contribution is 6.01.